The highest BCUT2D eigenvalue weighted by atomic mass is 35.5. The van der Waals surface area contributed by atoms with Gasteiger partial charge in [0, 0.05) is 0 Å². The molecule has 174 valence electrons. The number of halogens is 15. The molecule has 1 heterocycles. The average Bonchev–Trinajstić information content (AvgIpc) is 2.90. The topological polar surface area (TPSA) is 42.0 Å². The lowest BCUT2D eigenvalue weighted by Crippen LogP contribution is -2.71. The quantitative estimate of drug-likeness (QED) is 0.446. The molecule has 1 aromatic heterocycles. The van der Waals surface area contributed by atoms with Crippen LogP contribution < -0.4 is 5.32 Å². The van der Waals surface area contributed by atoms with Crippen molar-refractivity contribution in [2.75, 3.05) is 6.54 Å². The lowest BCUT2D eigenvalue weighted by molar-refractivity contribution is -0.439. The first kappa shape index (κ1) is 26.8. The smallest absolute Gasteiger partial charge is 0.344 e. The van der Waals surface area contributed by atoms with Crippen molar-refractivity contribution in [2.45, 2.75) is 35.8 Å². The number of carbonyl (C=O) groups is 1. The van der Waals surface area contributed by atoms with Gasteiger partial charge >= 0.3 is 35.8 Å². The molecule has 1 N–H and O–H groups in total. The van der Waals surface area contributed by atoms with Crippen LogP contribution in [0.25, 0.3) is 0 Å². The molecule has 0 aliphatic carbocycles. The van der Waals surface area contributed by atoms with Crippen LogP contribution in [0.1, 0.15) is 10.5 Å². The van der Waals surface area contributed by atoms with E-state index < -0.39 is 63.3 Å². The van der Waals surface area contributed by atoms with Gasteiger partial charge in [-0.05, 0) is 11.5 Å². The van der Waals surface area contributed by atoms with E-state index >= 15 is 0 Å². The van der Waals surface area contributed by atoms with Crippen molar-refractivity contribution >= 4 is 40.6 Å². The van der Waals surface area contributed by atoms with Crippen LogP contribution in [0, 0.1) is 0 Å². The van der Waals surface area contributed by atoms with Gasteiger partial charge in [-0.3, -0.25) is 4.79 Å². The maximum atomic E-state index is 13.5. The molecule has 0 saturated heterocycles. The van der Waals surface area contributed by atoms with Gasteiger partial charge < -0.3 is 5.32 Å². The zero-order valence-corrected chi connectivity index (χ0v) is 15.5. The summed E-state index contributed by atoms with van der Waals surface area (Å²) in [5.41, 5.74) is -0.980. The van der Waals surface area contributed by atoms with E-state index in [1.54, 1.807) is 0 Å². The van der Waals surface area contributed by atoms with Gasteiger partial charge in [0.25, 0.3) is 5.91 Å². The van der Waals surface area contributed by atoms with Crippen LogP contribution in [-0.4, -0.2) is 52.6 Å². The molecule has 1 rings (SSSR count). The number of alkyl halides is 13. The molecule has 0 saturated carbocycles. The van der Waals surface area contributed by atoms with Gasteiger partial charge in [0.15, 0.2) is 5.69 Å². The second-order valence-corrected chi connectivity index (χ2v) is 7.05. The molecule has 19 heteroatoms. The zero-order chi connectivity index (χ0) is 24.1. The fourth-order valence-corrected chi connectivity index (χ4v) is 2.59. The van der Waals surface area contributed by atoms with Crippen molar-refractivity contribution in [1.29, 1.82) is 0 Å². The van der Waals surface area contributed by atoms with Crippen molar-refractivity contribution in [1.82, 2.24) is 9.69 Å². The average molecular weight is 529 g/mol. The van der Waals surface area contributed by atoms with E-state index in [0.29, 0.717) is 0 Å². The maximum Gasteiger partial charge on any atom is 0.460 e. The number of carbonyl (C=O) groups excluding carboxylic acids is 1. The van der Waals surface area contributed by atoms with Crippen LogP contribution in [0.15, 0.2) is 0 Å². The minimum atomic E-state index is -8.01. The zero-order valence-electron chi connectivity index (χ0n) is 13.1. The Balaban J connectivity index is 3.22. The molecule has 0 spiro atoms. The molecule has 0 aliphatic heterocycles. The van der Waals surface area contributed by atoms with Crippen molar-refractivity contribution < 1.29 is 61.9 Å². The van der Waals surface area contributed by atoms with Crippen molar-refractivity contribution in [3.63, 3.8) is 0 Å². The molecule has 0 atom stereocenters. The number of hydrogen-bond acceptors (Lipinski definition) is 3. The van der Waals surface area contributed by atoms with Crippen LogP contribution in [0.4, 0.5) is 57.1 Å². The Morgan fingerprint density at radius 2 is 1.23 bits per heavy atom. The minimum Gasteiger partial charge on any atom is -0.344 e. The molecular formula is C11H3Cl2F13N2OS. The van der Waals surface area contributed by atoms with Gasteiger partial charge in [-0.2, -0.15) is 61.4 Å². The Labute approximate surface area is 170 Å². The number of nitrogens with zero attached hydrogens (tertiary/aromatic N) is 1. The summed E-state index contributed by atoms with van der Waals surface area (Å²) in [6.45, 7) is -2.91. The minimum absolute atomic E-state index is 0.289. The third-order valence-electron chi connectivity index (χ3n) is 3.28. The van der Waals surface area contributed by atoms with E-state index in [0.717, 1.165) is 5.32 Å². The van der Waals surface area contributed by atoms with E-state index in [-0.39, 0.29) is 11.5 Å². The molecule has 3 nitrogen and oxygen atoms in total. The van der Waals surface area contributed by atoms with Gasteiger partial charge in [0.1, 0.15) is 9.36 Å². The van der Waals surface area contributed by atoms with E-state index in [2.05, 4.69) is 4.37 Å². The highest BCUT2D eigenvalue weighted by Gasteiger charge is 2.90. The summed E-state index contributed by atoms with van der Waals surface area (Å²) >= 11 is 11.0. The molecule has 0 radical (unpaired) electrons. The van der Waals surface area contributed by atoms with Crippen LogP contribution in [0.2, 0.25) is 9.36 Å². The summed E-state index contributed by atoms with van der Waals surface area (Å²) in [6.07, 6.45) is -7.50. The second-order valence-electron chi connectivity index (χ2n) is 5.30. The molecule has 0 fully saturated rings. The first-order chi connectivity index (χ1) is 13.1. The van der Waals surface area contributed by atoms with E-state index in [1.807, 2.05) is 0 Å². The summed E-state index contributed by atoms with van der Waals surface area (Å²) in [4.78, 5) is 11.5. The third-order valence-corrected chi connectivity index (χ3v) is 4.89. The third kappa shape index (κ3) is 3.99. The van der Waals surface area contributed by atoms with Gasteiger partial charge in [-0.1, -0.05) is 23.2 Å². The predicted molar refractivity (Wildman–Crippen MR) is 75.3 cm³/mol. The number of amides is 1. The summed E-state index contributed by atoms with van der Waals surface area (Å²) in [6, 6.07) is 0. The lowest BCUT2D eigenvalue weighted by atomic mass is 9.94. The molecule has 0 bridgehead atoms. The standard InChI is InChI=1S/C11H3Cl2F13N2OS/c12-2-3(28-30-4(2)13)5(29)27-1-6(14,15)7(16,17)8(18,19)9(20,21)10(22,23)11(24,25)26/h1H2,(H,27,29). The van der Waals surface area contributed by atoms with E-state index in [4.69, 9.17) is 23.2 Å². The van der Waals surface area contributed by atoms with Gasteiger partial charge in [0.05, 0.1) is 6.54 Å². The van der Waals surface area contributed by atoms with Gasteiger partial charge in [0.2, 0.25) is 0 Å². The van der Waals surface area contributed by atoms with Crippen molar-refractivity contribution in [2.24, 2.45) is 0 Å². The molecule has 1 amide bonds. The highest BCUT2D eigenvalue weighted by Crippen LogP contribution is 2.60. The maximum absolute atomic E-state index is 13.5. The van der Waals surface area contributed by atoms with Crippen LogP contribution >= 0.6 is 34.7 Å². The first-order valence-corrected chi connectivity index (χ1v) is 8.14. The lowest BCUT2D eigenvalue weighted by Gasteiger charge is -2.39. The predicted octanol–water partition coefficient (Wildman–Crippen LogP) is 5.92. The Morgan fingerprint density at radius 3 is 1.60 bits per heavy atom. The Kier molecular flexibility index (Phi) is 6.90. The Morgan fingerprint density at radius 1 is 0.800 bits per heavy atom. The van der Waals surface area contributed by atoms with Crippen LogP contribution in [-0.2, 0) is 0 Å². The summed E-state index contributed by atoms with van der Waals surface area (Å²) in [5.74, 6) is -39.6. The highest BCUT2D eigenvalue weighted by molar-refractivity contribution is 7.11. The monoisotopic (exact) mass is 528 g/mol. The Bertz CT molecular complexity index is 807. The summed E-state index contributed by atoms with van der Waals surface area (Å²) in [5, 5.41) is 0.138. The molecular weight excluding hydrogens is 526 g/mol. The first-order valence-electron chi connectivity index (χ1n) is 6.61. The number of hydrogen-bond donors (Lipinski definition) is 1. The fourth-order valence-electron chi connectivity index (χ4n) is 1.59. The number of aromatic nitrogens is 1. The molecule has 0 aliphatic rings. The van der Waals surface area contributed by atoms with Crippen LogP contribution in [0.5, 0.6) is 0 Å². The normalized spacial score (nSPS) is 14.8. The van der Waals surface area contributed by atoms with E-state index in [9.17, 15) is 61.9 Å². The van der Waals surface area contributed by atoms with Crippen LogP contribution in [0.3, 0.4) is 0 Å². The molecule has 30 heavy (non-hydrogen) atoms. The summed E-state index contributed by atoms with van der Waals surface area (Å²) < 4.78 is 171. The van der Waals surface area contributed by atoms with E-state index in [1.165, 1.54) is 0 Å². The van der Waals surface area contributed by atoms with Crippen molar-refractivity contribution in [3.8, 4) is 0 Å². The molecule has 0 unspecified atom stereocenters. The number of nitrogens with one attached hydrogen (secondary N) is 1. The molecule has 1 aromatic rings. The Hall–Kier alpha value is -1.23. The van der Waals surface area contributed by atoms with Gasteiger partial charge in [-0.15, -0.1) is 0 Å². The van der Waals surface area contributed by atoms with Crippen molar-refractivity contribution in [3.05, 3.63) is 15.1 Å². The molecule has 0 aromatic carbocycles. The SMILES string of the molecule is O=C(NCC(F)(F)C(F)(F)C(F)(F)C(F)(F)C(F)(F)C(F)(F)F)c1nsc(Cl)c1Cl. The second kappa shape index (κ2) is 7.72. The summed E-state index contributed by atoms with van der Waals surface area (Å²) in [7, 11) is 0. The largest absolute Gasteiger partial charge is 0.460 e. The fraction of sp³-hybridized carbons (Fsp3) is 0.636. The number of rotatable bonds is 7. The van der Waals surface area contributed by atoms with Gasteiger partial charge in [-0.25, -0.2) is 0 Å².